The first-order valence-corrected chi connectivity index (χ1v) is 30.6. The largest absolute Gasteiger partial charge is 0.544 e. The van der Waals surface area contributed by atoms with Crippen LogP contribution in [0.4, 0.5) is 16.2 Å². The molecule has 2 aromatic heterocycles. The summed E-state index contributed by atoms with van der Waals surface area (Å²) in [6, 6.07) is 42.7. The number of morpholine rings is 1. The summed E-state index contributed by atoms with van der Waals surface area (Å²) in [5.41, 5.74) is 14.4. The monoisotopic (exact) mass is 1070 g/mol. The molecule has 11 rings (SSSR count). The van der Waals surface area contributed by atoms with Crippen molar-refractivity contribution in [1.29, 1.82) is 5.26 Å². The van der Waals surface area contributed by atoms with Crippen LogP contribution < -0.4 is 9.33 Å². The van der Waals surface area contributed by atoms with Gasteiger partial charge >= 0.3 is 6.09 Å². The normalized spacial score (nSPS) is 16.4. The summed E-state index contributed by atoms with van der Waals surface area (Å²) in [5.74, 6) is 0.274. The van der Waals surface area contributed by atoms with E-state index >= 15 is 9.59 Å². The van der Waals surface area contributed by atoms with Gasteiger partial charge in [-0.25, -0.2) is 4.79 Å². The third kappa shape index (κ3) is 9.98. The predicted octanol–water partition coefficient (Wildman–Crippen LogP) is 12.1. The van der Waals surface area contributed by atoms with Crippen LogP contribution in [0.1, 0.15) is 97.9 Å². The van der Waals surface area contributed by atoms with E-state index in [1.807, 2.05) is 104 Å². The average Bonchev–Trinajstić information content (AvgIpc) is 4.19. The second-order valence-electron chi connectivity index (χ2n) is 23.4. The summed E-state index contributed by atoms with van der Waals surface area (Å²) in [5, 5.41) is 10.2. The van der Waals surface area contributed by atoms with Crippen molar-refractivity contribution in [3.63, 3.8) is 0 Å². The van der Waals surface area contributed by atoms with E-state index in [4.69, 9.17) is 13.9 Å². The molecule has 79 heavy (non-hydrogen) atoms. The zero-order valence-electron chi connectivity index (χ0n) is 47.1. The van der Waals surface area contributed by atoms with Crippen LogP contribution in [0.25, 0.3) is 22.4 Å². The molecule has 4 aliphatic rings. The molecule has 5 heterocycles. The Morgan fingerprint density at radius 1 is 0.734 bits per heavy atom. The van der Waals surface area contributed by atoms with Gasteiger partial charge in [0.25, 0.3) is 11.8 Å². The number of carbonyl (C=O) groups is 3. The van der Waals surface area contributed by atoms with Crippen molar-refractivity contribution >= 4 is 37.6 Å². The fourth-order valence-electron chi connectivity index (χ4n) is 11.9. The minimum Gasteiger partial charge on any atom is -0.544 e. The van der Waals surface area contributed by atoms with Crippen LogP contribution in [0.5, 0.6) is 5.75 Å². The van der Waals surface area contributed by atoms with Crippen LogP contribution in [-0.2, 0) is 49.5 Å². The molecule has 14 heteroatoms. The average molecular weight is 1070 g/mol. The van der Waals surface area contributed by atoms with E-state index < -0.39 is 8.32 Å². The van der Waals surface area contributed by atoms with Crippen LogP contribution in [0, 0.1) is 25.2 Å². The number of carbonyl (C=O) groups excluding carboxylic acids is 3. The lowest BCUT2D eigenvalue weighted by atomic mass is 9.89. The van der Waals surface area contributed by atoms with E-state index in [9.17, 15) is 10.1 Å². The lowest BCUT2D eigenvalue weighted by Gasteiger charge is -2.41. The Morgan fingerprint density at radius 2 is 1.39 bits per heavy atom. The molecule has 3 amide bonds. The van der Waals surface area contributed by atoms with Crippen molar-refractivity contribution in [3.8, 4) is 34.2 Å². The van der Waals surface area contributed by atoms with E-state index in [-0.39, 0.29) is 48.1 Å². The van der Waals surface area contributed by atoms with Gasteiger partial charge in [-0.1, -0.05) is 93.6 Å². The molecule has 1 fully saturated rings. The van der Waals surface area contributed by atoms with Crippen molar-refractivity contribution in [2.24, 2.45) is 14.1 Å². The zero-order valence-corrected chi connectivity index (χ0v) is 48.1. The third-order valence-corrected chi connectivity index (χ3v) is 22.1. The Balaban J connectivity index is 0.967. The fourth-order valence-corrected chi connectivity index (χ4v) is 12.9. The van der Waals surface area contributed by atoms with Gasteiger partial charge in [0, 0.05) is 99.2 Å². The van der Waals surface area contributed by atoms with Crippen LogP contribution >= 0.6 is 0 Å². The number of hydrogen-bond acceptors (Lipinski definition) is 8. The molecule has 0 N–H and O–H groups in total. The molecule has 0 radical (unpaired) electrons. The molecule has 3 aliphatic heterocycles. The van der Waals surface area contributed by atoms with E-state index in [2.05, 4.69) is 93.4 Å². The maximum Gasteiger partial charge on any atom is 0.410 e. The van der Waals surface area contributed by atoms with Crippen molar-refractivity contribution in [3.05, 3.63) is 183 Å². The van der Waals surface area contributed by atoms with E-state index in [1.165, 1.54) is 16.7 Å². The van der Waals surface area contributed by atoms with Crippen molar-refractivity contribution in [2.75, 3.05) is 50.9 Å². The van der Waals surface area contributed by atoms with Gasteiger partial charge in [-0.2, -0.15) is 5.26 Å². The summed E-state index contributed by atoms with van der Waals surface area (Å²) < 4.78 is 22.4. The topological polar surface area (TPSA) is 126 Å². The van der Waals surface area contributed by atoms with Crippen LogP contribution in [0.3, 0.4) is 0 Å². The Hall–Kier alpha value is -7.70. The highest BCUT2D eigenvalue weighted by Gasteiger charge is 2.40. The minimum atomic E-state index is -2.17. The van der Waals surface area contributed by atoms with E-state index in [0.717, 1.165) is 52.4 Å². The molecule has 1 aliphatic carbocycles. The van der Waals surface area contributed by atoms with Gasteiger partial charge in [-0.3, -0.25) is 19.4 Å². The highest BCUT2D eigenvalue weighted by Crippen LogP contribution is 2.45. The van der Waals surface area contributed by atoms with Gasteiger partial charge in [0.1, 0.15) is 24.1 Å². The molecule has 1 atom stereocenters. The molecule has 1 saturated heterocycles. The first-order valence-electron chi connectivity index (χ1n) is 27.7. The highest BCUT2D eigenvalue weighted by atomic mass is 28.4. The molecular weight excluding hydrogens is 1000 g/mol. The second-order valence-corrected chi connectivity index (χ2v) is 28.1. The summed E-state index contributed by atoms with van der Waals surface area (Å²) in [4.78, 5) is 53.7. The van der Waals surface area contributed by atoms with Gasteiger partial charge in [0.15, 0.2) is 0 Å². The zero-order chi connectivity index (χ0) is 55.5. The first kappa shape index (κ1) is 53.3. The van der Waals surface area contributed by atoms with E-state index in [1.54, 1.807) is 20.4 Å². The van der Waals surface area contributed by atoms with Crippen LogP contribution in [0.2, 0.25) is 18.1 Å². The van der Waals surface area contributed by atoms with E-state index in [0.29, 0.717) is 90.8 Å². The standard InChI is InChI=1S/C65H71N7O6Si/c1-42-56(63(74)72(60-35-49(37-66)67(6)43(60)2)48-22-24-51(25-23-48)78-79(8,9)65(3,4)5)36-61(68(42)7)57-33-45-26-27-70(64(75)77-41-59-54-20-14-12-18-52(54)53-19-13-15-21-55(53)59)38-47(45)34-58(57)62(73)71-39-46-17-11-10-16-44(46)32-50(71)40-69-28-30-76-31-29-69/h10-25,33-36,50,59H,26-32,38-41H2,1-9H3/t50-/m0/s1. The Labute approximate surface area is 465 Å². The third-order valence-electron chi connectivity index (χ3n) is 17.7. The Morgan fingerprint density at radius 3 is 2.05 bits per heavy atom. The molecular formula is C65H71N7O6Si. The number of fused-ring (bicyclic) bond motifs is 5. The van der Waals surface area contributed by atoms with Gasteiger partial charge < -0.3 is 32.8 Å². The maximum atomic E-state index is 15.9. The van der Waals surface area contributed by atoms with Gasteiger partial charge in [-0.15, -0.1) is 0 Å². The number of nitrogens with zero attached hydrogens (tertiary/aromatic N) is 7. The number of hydrogen-bond donors (Lipinski definition) is 0. The fraction of sp³-hybridized carbons (Fsp3) is 0.354. The summed E-state index contributed by atoms with van der Waals surface area (Å²) in [6.07, 6.45) is 0.870. The smallest absolute Gasteiger partial charge is 0.410 e. The second kappa shape index (κ2) is 21.2. The lowest BCUT2D eigenvalue weighted by molar-refractivity contribution is 0.0193. The molecule has 7 aromatic rings. The number of rotatable bonds is 11. The van der Waals surface area contributed by atoms with Crippen molar-refractivity contribution < 1.29 is 28.3 Å². The number of nitriles is 1. The number of aromatic nitrogens is 2. The van der Waals surface area contributed by atoms with Gasteiger partial charge in [0.2, 0.25) is 8.32 Å². The maximum absolute atomic E-state index is 15.9. The van der Waals surface area contributed by atoms with Gasteiger partial charge in [0.05, 0.1) is 24.5 Å². The van der Waals surface area contributed by atoms with Crippen molar-refractivity contribution in [2.45, 2.75) is 90.6 Å². The number of ether oxygens (including phenoxy) is 2. The Bertz CT molecular complexity index is 3510. The van der Waals surface area contributed by atoms with Crippen LogP contribution in [0.15, 0.2) is 121 Å². The quantitative estimate of drug-likeness (QED) is 0.117. The first-order chi connectivity index (χ1) is 37.9. The van der Waals surface area contributed by atoms with Gasteiger partial charge in [-0.05, 0) is 138 Å². The molecule has 13 nitrogen and oxygen atoms in total. The summed E-state index contributed by atoms with van der Waals surface area (Å²) in [7, 11) is 1.61. The SMILES string of the molecule is Cc1c(N(C(=O)c2cc(-c3cc4c(cc3C(=O)N3Cc5ccccc5C[C@H]3CN3CCOCC3)CN(C(=O)OCC3c5ccccc5-c5ccccc53)CC4)n(C)c2C)c2ccc(O[Si](C)(C)C(C)(C)C)cc2)cc(C#N)n1C. The molecule has 406 valence electrons. The number of anilines is 2. The molecule has 0 spiro atoms. The number of benzene rings is 5. The molecule has 0 bridgehead atoms. The summed E-state index contributed by atoms with van der Waals surface area (Å²) >= 11 is 0. The predicted molar refractivity (Wildman–Crippen MR) is 311 cm³/mol. The number of amides is 3. The summed E-state index contributed by atoms with van der Waals surface area (Å²) in [6.45, 7) is 19.9. The van der Waals surface area contributed by atoms with Crippen molar-refractivity contribution in [1.82, 2.24) is 23.8 Å². The lowest BCUT2D eigenvalue weighted by Crippen LogP contribution is -2.52. The minimum absolute atomic E-state index is 0.0109. The molecule has 0 saturated carbocycles. The Kier molecular flexibility index (Phi) is 14.3. The van der Waals surface area contributed by atoms with Crippen LogP contribution in [-0.4, -0.2) is 102 Å². The highest BCUT2D eigenvalue weighted by molar-refractivity contribution is 6.74. The molecule has 0 unspecified atom stereocenters. The molecule has 5 aromatic carbocycles.